The van der Waals surface area contributed by atoms with Crippen molar-refractivity contribution in [1.82, 2.24) is 19.9 Å². The molecule has 3 heterocycles. The van der Waals surface area contributed by atoms with E-state index in [4.69, 9.17) is 4.74 Å². The van der Waals surface area contributed by atoms with Gasteiger partial charge in [-0.25, -0.2) is 4.98 Å². The molecule has 4 aromatic rings. The first kappa shape index (κ1) is 15.8. The van der Waals surface area contributed by atoms with Gasteiger partial charge in [0, 0.05) is 35.4 Å². The summed E-state index contributed by atoms with van der Waals surface area (Å²) in [5.41, 5.74) is 2.46. The highest BCUT2D eigenvalue weighted by Gasteiger charge is 2.11. The molecule has 2 N–H and O–H groups in total. The van der Waals surface area contributed by atoms with Crippen molar-refractivity contribution in [3.63, 3.8) is 0 Å². The van der Waals surface area contributed by atoms with Gasteiger partial charge in [-0.05, 0) is 36.4 Å². The maximum Gasteiger partial charge on any atom is 0.262 e. The zero-order valence-electron chi connectivity index (χ0n) is 13.9. The van der Waals surface area contributed by atoms with E-state index in [0.717, 1.165) is 22.6 Å². The second-order valence-corrected chi connectivity index (χ2v) is 5.57. The highest BCUT2D eigenvalue weighted by molar-refractivity contribution is 5.91. The number of nitrogens with zero attached hydrogens (tertiary/aromatic N) is 3. The molecule has 0 aliphatic heterocycles. The number of methoxy groups -OCH3 is 1. The van der Waals surface area contributed by atoms with E-state index in [1.54, 1.807) is 31.8 Å². The van der Waals surface area contributed by atoms with Crippen LogP contribution in [0.1, 0.15) is 0 Å². The van der Waals surface area contributed by atoms with Crippen LogP contribution in [0, 0.1) is 0 Å². The van der Waals surface area contributed by atoms with Crippen molar-refractivity contribution in [3.05, 3.63) is 71.4 Å². The molecular weight excluding hydrogens is 330 g/mol. The quantitative estimate of drug-likeness (QED) is 0.590. The molecule has 3 aromatic heterocycles. The van der Waals surface area contributed by atoms with Gasteiger partial charge in [0.15, 0.2) is 5.65 Å². The van der Waals surface area contributed by atoms with Crippen molar-refractivity contribution in [2.45, 2.75) is 0 Å². The van der Waals surface area contributed by atoms with Crippen molar-refractivity contribution >= 4 is 22.7 Å². The van der Waals surface area contributed by atoms with Crippen molar-refractivity contribution in [1.29, 1.82) is 0 Å². The monoisotopic (exact) mass is 345 g/mol. The normalized spacial score (nSPS) is 10.7. The molecule has 0 aliphatic rings. The van der Waals surface area contributed by atoms with Crippen molar-refractivity contribution in [3.8, 4) is 16.9 Å². The van der Waals surface area contributed by atoms with Crippen LogP contribution in [0.15, 0.2) is 65.8 Å². The van der Waals surface area contributed by atoms with Gasteiger partial charge in [0.2, 0.25) is 5.95 Å². The number of fused-ring (bicyclic) bond motifs is 1. The molecule has 128 valence electrons. The third-order valence-corrected chi connectivity index (χ3v) is 3.93. The fourth-order valence-corrected chi connectivity index (χ4v) is 2.70. The van der Waals surface area contributed by atoms with Crippen LogP contribution in [-0.2, 0) is 0 Å². The number of nitrogens with one attached hydrogen (secondary N) is 2. The summed E-state index contributed by atoms with van der Waals surface area (Å²) in [6.45, 7) is 0. The van der Waals surface area contributed by atoms with Gasteiger partial charge < -0.3 is 10.1 Å². The lowest BCUT2D eigenvalue weighted by atomic mass is 10.1. The average Bonchev–Trinajstić information content (AvgIpc) is 2.69. The fraction of sp³-hybridized carbons (Fsp3) is 0.0526. The minimum atomic E-state index is -0.266. The Bertz CT molecular complexity index is 1110. The van der Waals surface area contributed by atoms with Crippen molar-refractivity contribution < 1.29 is 4.74 Å². The largest absolute Gasteiger partial charge is 0.497 e. The van der Waals surface area contributed by atoms with Gasteiger partial charge in [-0.1, -0.05) is 6.07 Å². The van der Waals surface area contributed by atoms with Crippen LogP contribution in [-0.4, -0.2) is 27.0 Å². The Morgan fingerprint density at radius 1 is 1.08 bits per heavy atom. The van der Waals surface area contributed by atoms with E-state index in [1.807, 2.05) is 36.4 Å². The van der Waals surface area contributed by atoms with Gasteiger partial charge in [-0.2, -0.15) is 4.98 Å². The van der Waals surface area contributed by atoms with Gasteiger partial charge in [0.05, 0.1) is 12.5 Å². The topological polar surface area (TPSA) is 92.8 Å². The van der Waals surface area contributed by atoms with Crippen LogP contribution in [0.5, 0.6) is 5.75 Å². The molecule has 4 rings (SSSR count). The molecule has 0 unspecified atom stereocenters. The first-order valence-electron chi connectivity index (χ1n) is 7.95. The average molecular weight is 345 g/mol. The summed E-state index contributed by atoms with van der Waals surface area (Å²) < 4.78 is 5.14. The number of aromatic nitrogens is 4. The first-order chi connectivity index (χ1) is 12.7. The zero-order chi connectivity index (χ0) is 17.9. The number of ether oxygens (including phenoxy) is 1. The number of aromatic amines is 1. The standard InChI is InChI=1S/C19H15N5O2/c1-26-14-6-4-13(5-7-14)22-19-23-17-16(18(25)24-19)15(8-10-21-17)12-3-2-9-20-11-12/h2-11H,1H3,(H2,21,22,23,24,25). The molecular formula is C19H15N5O2. The molecule has 0 amide bonds. The lowest BCUT2D eigenvalue weighted by molar-refractivity contribution is 0.415. The maximum absolute atomic E-state index is 12.7. The fourth-order valence-electron chi connectivity index (χ4n) is 2.70. The predicted octanol–water partition coefficient (Wildman–Crippen LogP) is 3.13. The second kappa shape index (κ2) is 6.64. The van der Waals surface area contributed by atoms with Gasteiger partial charge in [-0.3, -0.25) is 14.8 Å². The molecule has 0 spiro atoms. The minimum Gasteiger partial charge on any atom is -0.497 e. The summed E-state index contributed by atoms with van der Waals surface area (Å²) in [6.07, 6.45) is 5.03. The van der Waals surface area contributed by atoms with Crippen molar-refractivity contribution in [2.75, 3.05) is 12.4 Å². The molecule has 0 bridgehead atoms. The van der Waals surface area contributed by atoms with Crippen molar-refractivity contribution in [2.24, 2.45) is 0 Å². The van der Waals surface area contributed by atoms with Gasteiger partial charge in [-0.15, -0.1) is 0 Å². The lowest BCUT2D eigenvalue weighted by Gasteiger charge is -2.09. The maximum atomic E-state index is 12.7. The zero-order valence-corrected chi connectivity index (χ0v) is 13.9. The van der Waals surface area contributed by atoms with Gasteiger partial charge in [0.1, 0.15) is 5.75 Å². The van der Waals surface area contributed by atoms with E-state index in [1.165, 1.54) is 0 Å². The summed E-state index contributed by atoms with van der Waals surface area (Å²) >= 11 is 0. The molecule has 7 nitrogen and oxygen atoms in total. The van der Waals surface area contributed by atoms with Crippen LogP contribution >= 0.6 is 0 Å². The molecule has 0 saturated heterocycles. The Hall–Kier alpha value is -3.74. The summed E-state index contributed by atoms with van der Waals surface area (Å²) in [7, 11) is 1.61. The first-order valence-corrected chi connectivity index (χ1v) is 7.95. The summed E-state index contributed by atoms with van der Waals surface area (Å²) in [5, 5.41) is 3.50. The highest BCUT2D eigenvalue weighted by atomic mass is 16.5. The molecule has 26 heavy (non-hydrogen) atoms. The van der Waals surface area contributed by atoms with Crippen LogP contribution in [0.4, 0.5) is 11.6 Å². The number of hydrogen-bond acceptors (Lipinski definition) is 6. The Labute approximate surface area is 148 Å². The summed E-state index contributed by atoms with van der Waals surface area (Å²) in [6, 6.07) is 12.8. The van der Waals surface area contributed by atoms with Crippen LogP contribution in [0.2, 0.25) is 0 Å². The van der Waals surface area contributed by atoms with Gasteiger partial charge >= 0.3 is 0 Å². The molecule has 0 aliphatic carbocycles. The summed E-state index contributed by atoms with van der Waals surface area (Å²) in [4.78, 5) is 28.2. The van der Waals surface area contributed by atoms with E-state index >= 15 is 0 Å². The molecule has 0 fully saturated rings. The third-order valence-electron chi connectivity index (χ3n) is 3.93. The number of H-pyrrole nitrogens is 1. The smallest absolute Gasteiger partial charge is 0.262 e. The Morgan fingerprint density at radius 3 is 2.65 bits per heavy atom. The Morgan fingerprint density at radius 2 is 1.92 bits per heavy atom. The predicted molar refractivity (Wildman–Crippen MR) is 99.7 cm³/mol. The van der Waals surface area contributed by atoms with E-state index in [2.05, 4.69) is 25.3 Å². The molecule has 1 aromatic carbocycles. The number of benzene rings is 1. The molecule has 0 atom stereocenters. The van der Waals surface area contributed by atoms with Crippen LogP contribution < -0.4 is 15.6 Å². The van der Waals surface area contributed by atoms with Gasteiger partial charge in [0.25, 0.3) is 5.56 Å². The molecule has 0 saturated carbocycles. The van der Waals surface area contributed by atoms with Crippen LogP contribution in [0.25, 0.3) is 22.2 Å². The van der Waals surface area contributed by atoms with E-state index in [9.17, 15) is 4.79 Å². The number of hydrogen-bond donors (Lipinski definition) is 2. The minimum absolute atomic E-state index is 0.266. The Balaban J connectivity index is 1.76. The SMILES string of the molecule is COc1ccc(Nc2nc3nccc(-c4cccnc4)c3c(=O)[nH]2)cc1. The van der Waals surface area contributed by atoms with E-state index in [0.29, 0.717) is 17.0 Å². The number of anilines is 2. The molecule has 0 radical (unpaired) electrons. The highest BCUT2D eigenvalue weighted by Crippen LogP contribution is 2.24. The molecule has 7 heteroatoms. The van der Waals surface area contributed by atoms with E-state index in [-0.39, 0.29) is 5.56 Å². The second-order valence-electron chi connectivity index (χ2n) is 5.57. The van der Waals surface area contributed by atoms with E-state index < -0.39 is 0 Å². The lowest BCUT2D eigenvalue weighted by Crippen LogP contribution is -2.13. The summed E-state index contributed by atoms with van der Waals surface area (Å²) in [5.74, 6) is 1.07. The third kappa shape index (κ3) is 2.98. The van der Waals surface area contributed by atoms with Crippen LogP contribution in [0.3, 0.4) is 0 Å². The Kier molecular flexibility index (Phi) is 4.03. The number of rotatable bonds is 4. The number of pyridine rings is 2.